The average molecular weight is 308 g/mol. The molecule has 0 aliphatic carbocycles. The summed E-state index contributed by atoms with van der Waals surface area (Å²) < 4.78 is 0. The Balaban J connectivity index is 1.92. The molecule has 1 unspecified atom stereocenters. The molecule has 2 heterocycles. The fourth-order valence-electron chi connectivity index (χ4n) is 3.32. The van der Waals surface area contributed by atoms with Crippen molar-refractivity contribution in [1.29, 1.82) is 0 Å². The summed E-state index contributed by atoms with van der Waals surface area (Å²) in [6.45, 7) is 1.76. The van der Waals surface area contributed by atoms with E-state index in [0.717, 1.165) is 35.9 Å². The molecule has 4 rings (SSSR count). The first kappa shape index (κ1) is 13.8. The van der Waals surface area contributed by atoms with Gasteiger partial charge >= 0.3 is 0 Å². The molecule has 1 atom stereocenters. The van der Waals surface area contributed by atoms with Gasteiger partial charge in [0.15, 0.2) is 0 Å². The zero-order valence-corrected chi connectivity index (χ0v) is 12.7. The number of benzene rings is 2. The van der Waals surface area contributed by atoms with Crippen LogP contribution >= 0.6 is 0 Å². The van der Waals surface area contributed by atoms with Crippen LogP contribution in [0.5, 0.6) is 0 Å². The first-order chi connectivity index (χ1) is 11.1. The van der Waals surface area contributed by atoms with Gasteiger partial charge in [-0.3, -0.25) is 10.1 Å². The van der Waals surface area contributed by atoms with Gasteiger partial charge in [0, 0.05) is 37.8 Å². The quantitative estimate of drug-likeness (QED) is 0.632. The molecule has 2 aromatic carbocycles. The Kier molecular flexibility index (Phi) is 3.04. The minimum atomic E-state index is -0.350. The predicted octanol–water partition coefficient (Wildman–Crippen LogP) is 2.93. The molecule has 0 spiro atoms. The van der Waals surface area contributed by atoms with Crippen molar-refractivity contribution >= 4 is 17.3 Å². The Morgan fingerprint density at radius 3 is 2.70 bits per heavy atom. The molecule has 0 bridgehead atoms. The van der Waals surface area contributed by atoms with Gasteiger partial charge in [-0.05, 0) is 11.6 Å². The van der Waals surface area contributed by atoms with E-state index in [-0.39, 0.29) is 16.7 Å². The number of hydrogen-bond donors (Lipinski definition) is 0. The second-order valence-electron chi connectivity index (χ2n) is 5.84. The van der Waals surface area contributed by atoms with Gasteiger partial charge in [-0.1, -0.05) is 30.3 Å². The number of hydrogen-bond acceptors (Lipinski definition) is 5. The van der Waals surface area contributed by atoms with Gasteiger partial charge in [0.1, 0.15) is 0 Å². The standard InChI is InChI=1S/C17H16N4O2/c1-19-9-10-20-16(12-5-3-2-4-6-12)14-11-13(21(22)23)7-8-15(14)18-17(19)20/h2-8,11,16H,9-10H2,1H3. The van der Waals surface area contributed by atoms with E-state index in [1.165, 1.54) is 6.07 Å². The highest BCUT2D eigenvalue weighted by Crippen LogP contribution is 2.42. The molecule has 0 radical (unpaired) electrons. The van der Waals surface area contributed by atoms with Crippen LogP contribution < -0.4 is 0 Å². The third-order valence-electron chi connectivity index (χ3n) is 4.44. The number of nitro benzene ring substituents is 1. The molecule has 0 saturated carbocycles. The van der Waals surface area contributed by atoms with Crippen molar-refractivity contribution in [3.05, 3.63) is 69.8 Å². The third kappa shape index (κ3) is 2.14. The first-order valence-corrected chi connectivity index (χ1v) is 7.55. The van der Waals surface area contributed by atoms with Crippen LogP contribution in [0, 0.1) is 10.1 Å². The molecule has 23 heavy (non-hydrogen) atoms. The second-order valence-corrected chi connectivity index (χ2v) is 5.84. The zero-order chi connectivity index (χ0) is 16.0. The van der Waals surface area contributed by atoms with Crippen LogP contribution in [-0.4, -0.2) is 40.8 Å². The lowest BCUT2D eigenvalue weighted by Crippen LogP contribution is -2.37. The highest BCUT2D eigenvalue weighted by Gasteiger charge is 2.37. The lowest BCUT2D eigenvalue weighted by Gasteiger charge is -2.34. The Morgan fingerprint density at radius 1 is 1.17 bits per heavy atom. The molecular weight excluding hydrogens is 292 g/mol. The van der Waals surface area contributed by atoms with Crippen molar-refractivity contribution in [2.24, 2.45) is 4.99 Å². The van der Waals surface area contributed by atoms with Crippen LogP contribution in [0.4, 0.5) is 11.4 Å². The maximum atomic E-state index is 11.2. The van der Waals surface area contributed by atoms with Crippen molar-refractivity contribution in [2.75, 3.05) is 20.1 Å². The van der Waals surface area contributed by atoms with Crippen LogP contribution in [-0.2, 0) is 0 Å². The van der Waals surface area contributed by atoms with Crippen LogP contribution in [0.2, 0.25) is 0 Å². The Morgan fingerprint density at radius 2 is 1.96 bits per heavy atom. The number of rotatable bonds is 2. The van der Waals surface area contributed by atoms with Gasteiger partial charge in [-0.2, -0.15) is 0 Å². The second kappa shape index (κ2) is 5.08. The van der Waals surface area contributed by atoms with Crippen LogP contribution in [0.25, 0.3) is 0 Å². The van der Waals surface area contributed by atoms with Crippen molar-refractivity contribution in [2.45, 2.75) is 6.04 Å². The normalized spacial score (nSPS) is 19.2. The Bertz CT molecular complexity index is 803. The van der Waals surface area contributed by atoms with Gasteiger partial charge in [0.05, 0.1) is 16.7 Å². The van der Waals surface area contributed by atoms with Gasteiger partial charge < -0.3 is 9.80 Å². The lowest BCUT2D eigenvalue weighted by molar-refractivity contribution is -0.384. The van der Waals surface area contributed by atoms with Crippen molar-refractivity contribution < 1.29 is 4.92 Å². The van der Waals surface area contributed by atoms with E-state index in [0.29, 0.717) is 0 Å². The number of aliphatic imine (C=N–C) groups is 1. The first-order valence-electron chi connectivity index (χ1n) is 7.55. The fourth-order valence-corrected chi connectivity index (χ4v) is 3.32. The minimum absolute atomic E-state index is 0.0384. The van der Waals surface area contributed by atoms with E-state index >= 15 is 0 Å². The summed E-state index contributed by atoms with van der Waals surface area (Å²) in [7, 11) is 2.03. The molecule has 1 fully saturated rings. The number of guanidine groups is 1. The van der Waals surface area contributed by atoms with E-state index in [1.54, 1.807) is 12.1 Å². The number of nitro groups is 1. The summed E-state index contributed by atoms with van der Waals surface area (Å²) in [5.74, 6) is 0.931. The molecule has 2 aromatic rings. The van der Waals surface area contributed by atoms with Crippen molar-refractivity contribution in [3.8, 4) is 0 Å². The molecule has 2 aliphatic rings. The van der Waals surface area contributed by atoms with Crippen LogP contribution in [0.15, 0.2) is 53.5 Å². The van der Waals surface area contributed by atoms with E-state index in [2.05, 4.69) is 21.9 Å². The molecule has 6 heteroatoms. The lowest BCUT2D eigenvalue weighted by atomic mass is 9.94. The summed E-state index contributed by atoms with van der Waals surface area (Å²) in [5.41, 5.74) is 2.93. The van der Waals surface area contributed by atoms with Crippen molar-refractivity contribution in [1.82, 2.24) is 9.80 Å². The van der Waals surface area contributed by atoms with E-state index in [4.69, 9.17) is 4.99 Å². The third-order valence-corrected chi connectivity index (χ3v) is 4.44. The van der Waals surface area contributed by atoms with Gasteiger partial charge in [-0.15, -0.1) is 0 Å². The van der Waals surface area contributed by atoms with Crippen LogP contribution in [0.1, 0.15) is 17.2 Å². The number of likely N-dealkylation sites (N-methyl/N-ethyl adjacent to an activating group) is 1. The highest BCUT2D eigenvalue weighted by molar-refractivity contribution is 5.88. The van der Waals surface area contributed by atoms with Gasteiger partial charge in [0.25, 0.3) is 5.69 Å². The Hall–Kier alpha value is -2.89. The smallest absolute Gasteiger partial charge is 0.269 e. The Labute approximate surface area is 133 Å². The summed E-state index contributed by atoms with van der Waals surface area (Å²) in [5, 5.41) is 11.2. The summed E-state index contributed by atoms with van der Waals surface area (Å²) in [4.78, 5) is 19.9. The topological polar surface area (TPSA) is 62.0 Å². The maximum Gasteiger partial charge on any atom is 0.269 e. The monoisotopic (exact) mass is 308 g/mol. The molecule has 116 valence electrons. The SMILES string of the molecule is CN1CCN2C1=Nc1ccc([N+](=O)[O-])cc1C2c1ccccc1. The van der Waals surface area contributed by atoms with Gasteiger partial charge in [0.2, 0.25) is 5.96 Å². The van der Waals surface area contributed by atoms with E-state index < -0.39 is 0 Å². The molecule has 6 nitrogen and oxygen atoms in total. The minimum Gasteiger partial charge on any atom is -0.344 e. The summed E-state index contributed by atoms with van der Waals surface area (Å²) in [6, 6.07) is 15.0. The zero-order valence-electron chi connectivity index (χ0n) is 12.7. The van der Waals surface area contributed by atoms with Crippen LogP contribution in [0.3, 0.4) is 0 Å². The largest absolute Gasteiger partial charge is 0.344 e. The van der Waals surface area contributed by atoms with Gasteiger partial charge in [-0.25, -0.2) is 4.99 Å². The molecule has 1 saturated heterocycles. The van der Waals surface area contributed by atoms with E-state index in [9.17, 15) is 10.1 Å². The summed E-state index contributed by atoms with van der Waals surface area (Å²) in [6.07, 6.45) is 0. The average Bonchev–Trinajstić information content (AvgIpc) is 2.94. The predicted molar refractivity (Wildman–Crippen MR) is 87.8 cm³/mol. The molecule has 0 N–H and O–H groups in total. The van der Waals surface area contributed by atoms with Crippen molar-refractivity contribution in [3.63, 3.8) is 0 Å². The van der Waals surface area contributed by atoms with E-state index in [1.807, 2.05) is 25.2 Å². The summed E-state index contributed by atoms with van der Waals surface area (Å²) >= 11 is 0. The molecular formula is C17H16N4O2. The molecule has 0 aromatic heterocycles. The molecule has 0 amide bonds. The number of fused-ring (bicyclic) bond motifs is 2. The fraction of sp³-hybridized carbons (Fsp3) is 0.235. The maximum absolute atomic E-state index is 11.2. The molecule has 2 aliphatic heterocycles. The highest BCUT2D eigenvalue weighted by atomic mass is 16.6. The number of non-ortho nitro benzene ring substituents is 1. The number of nitrogens with zero attached hydrogens (tertiary/aromatic N) is 4.